The third-order valence-corrected chi connectivity index (χ3v) is 4.11. The molecule has 0 spiro atoms. The normalized spacial score (nSPS) is 11.7. The SMILES string of the molecule is CC(=O)c1ccc2c(C(=O)NS(C)(=O)=O)c3ccccn3c2c1. The number of fused-ring (bicyclic) bond motifs is 3. The molecule has 0 saturated carbocycles. The lowest BCUT2D eigenvalue weighted by atomic mass is 10.1. The lowest BCUT2D eigenvalue weighted by molar-refractivity contribution is 0.0982. The van der Waals surface area contributed by atoms with Gasteiger partial charge in [-0.25, -0.2) is 13.1 Å². The first kappa shape index (κ1) is 15.2. The highest BCUT2D eigenvalue weighted by molar-refractivity contribution is 7.89. The molecule has 3 rings (SSSR count). The number of ketones is 1. The predicted octanol–water partition coefficient (Wildman–Crippen LogP) is 1.98. The van der Waals surface area contributed by atoms with Gasteiger partial charge in [0.1, 0.15) is 0 Å². The topological polar surface area (TPSA) is 84.7 Å². The number of hydrogen-bond donors (Lipinski definition) is 1. The maximum atomic E-state index is 12.4. The molecular weight excluding hydrogens is 316 g/mol. The number of amides is 1. The number of carbonyl (C=O) groups is 2. The van der Waals surface area contributed by atoms with E-state index in [2.05, 4.69) is 0 Å². The molecule has 6 nitrogen and oxygen atoms in total. The molecule has 3 aromatic rings. The van der Waals surface area contributed by atoms with Crippen molar-refractivity contribution >= 4 is 38.1 Å². The summed E-state index contributed by atoms with van der Waals surface area (Å²) in [6.45, 7) is 1.47. The Morgan fingerprint density at radius 3 is 2.48 bits per heavy atom. The van der Waals surface area contributed by atoms with Gasteiger partial charge in [0.2, 0.25) is 10.0 Å². The molecule has 0 aliphatic heterocycles. The molecule has 0 unspecified atom stereocenters. The Hall–Kier alpha value is -2.67. The zero-order chi connectivity index (χ0) is 16.8. The molecule has 0 atom stereocenters. The highest BCUT2D eigenvalue weighted by Crippen LogP contribution is 2.27. The largest absolute Gasteiger partial charge is 0.316 e. The maximum absolute atomic E-state index is 12.4. The van der Waals surface area contributed by atoms with Crippen molar-refractivity contribution in [1.29, 1.82) is 0 Å². The van der Waals surface area contributed by atoms with Crippen LogP contribution in [0, 0.1) is 0 Å². The zero-order valence-electron chi connectivity index (χ0n) is 12.5. The van der Waals surface area contributed by atoms with Gasteiger partial charge in [-0.05, 0) is 25.1 Å². The molecule has 0 fully saturated rings. The summed E-state index contributed by atoms with van der Waals surface area (Å²) in [4.78, 5) is 24.0. The molecule has 0 aliphatic carbocycles. The van der Waals surface area contributed by atoms with Crippen LogP contribution in [0.5, 0.6) is 0 Å². The smallest absolute Gasteiger partial charge is 0.267 e. The van der Waals surface area contributed by atoms with Gasteiger partial charge in [-0.1, -0.05) is 18.2 Å². The Bertz CT molecular complexity index is 1060. The molecule has 1 N–H and O–H groups in total. The van der Waals surface area contributed by atoms with Crippen LogP contribution in [0.2, 0.25) is 0 Å². The van der Waals surface area contributed by atoms with Gasteiger partial charge in [0.15, 0.2) is 5.78 Å². The summed E-state index contributed by atoms with van der Waals surface area (Å²) in [5.74, 6) is -0.776. The van der Waals surface area contributed by atoms with Crippen molar-refractivity contribution in [2.24, 2.45) is 0 Å². The summed E-state index contributed by atoms with van der Waals surface area (Å²) in [6.07, 6.45) is 2.69. The van der Waals surface area contributed by atoms with E-state index in [9.17, 15) is 18.0 Å². The lowest BCUT2D eigenvalue weighted by Crippen LogP contribution is -2.29. The van der Waals surface area contributed by atoms with Crippen molar-refractivity contribution in [3.05, 3.63) is 53.7 Å². The van der Waals surface area contributed by atoms with Gasteiger partial charge in [-0.3, -0.25) is 9.59 Å². The number of nitrogens with one attached hydrogen (secondary N) is 1. The van der Waals surface area contributed by atoms with E-state index in [1.54, 1.807) is 47.0 Å². The first-order valence-electron chi connectivity index (χ1n) is 6.84. The molecule has 2 aromatic heterocycles. The van der Waals surface area contributed by atoms with Gasteiger partial charge in [-0.15, -0.1) is 0 Å². The van der Waals surface area contributed by atoms with E-state index in [-0.39, 0.29) is 11.3 Å². The molecule has 118 valence electrons. The van der Waals surface area contributed by atoms with Crippen molar-refractivity contribution < 1.29 is 18.0 Å². The first-order chi connectivity index (χ1) is 10.8. The summed E-state index contributed by atoms with van der Waals surface area (Å²) in [7, 11) is -3.67. The fraction of sp³-hybridized carbons (Fsp3) is 0.125. The number of benzene rings is 1. The molecule has 7 heteroatoms. The average molecular weight is 330 g/mol. The summed E-state index contributed by atoms with van der Waals surface area (Å²) < 4.78 is 26.5. The van der Waals surface area contributed by atoms with E-state index in [1.165, 1.54) is 6.92 Å². The number of aromatic nitrogens is 1. The van der Waals surface area contributed by atoms with Gasteiger partial charge in [-0.2, -0.15) is 0 Å². The molecule has 0 radical (unpaired) electrons. The van der Waals surface area contributed by atoms with Crippen molar-refractivity contribution in [3.63, 3.8) is 0 Å². The zero-order valence-corrected chi connectivity index (χ0v) is 13.3. The second-order valence-electron chi connectivity index (χ2n) is 5.32. The number of sulfonamides is 1. The minimum Gasteiger partial charge on any atom is -0.316 e. The van der Waals surface area contributed by atoms with Crippen molar-refractivity contribution in [3.8, 4) is 0 Å². The molecule has 0 aliphatic rings. The number of hydrogen-bond acceptors (Lipinski definition) is 4. The Kier molecular flexibility index (Phi) is 3.45. The van der Waals surface area contributed by atoms with Crippen LogP contribution in [0.1, 0.15) is 27.6 Å². The molecule has 1 amide bonds. The number of carbonyl (C=O) groups excluding carboxylic acids is 2. The lowest BCUT2D eigenvalue weighted by Gasteiger charge is -2.02. The summed E-state index contributed by atoms with van der Waals surface area (Å²) in [5, 5.41) is 0.586. The number of pyridine rings is 1. The summed E-state index contributed by atoms with van der Waals surface area (Å²) >= 11 is 0. The van der Waals surface area contributed by atoms with Crippen LogP contribution >= 0.6 is 0 Å². The van der Waals surface area contributed by atoms with Crippen LogP contribution in [-0.2, 0) is 10.0 Å². The Balaban J connectivity index is 2.35. The molecule has 1 aromatic carbocycles. The van der Waals surface area contributed by atoms with E-state index in [4.69, 9.17) is 0 Å². The van der Waals surface area contributed by atoms with Gasteiger partial charge in [0, 0.05) is 17.1 Å². The van der Waals surface area contributed by atoms with Crippen molar-refractivity contribution in [1.82, 2.24) is 9.12 Å². The first-order valence-corrected chi connectivity index (χ1v) is 8.73. The van der Waals surface area contributed by atoms with E-state index >= 15 is 0 Å². The number of Topliss-reactive ketones (excluding diaryl/α,β-unsaturated/α-hetero) is 1. The molecule has 0 bridgehead atoms. The van der Waals surface area contributed by atoms with Crippen molar-refractivity contribution in [2.75, 3.05) is 6.26 Å². The Morgan fingerprint density at radius 2 is 1.83 bits per heavy atom. The maximum Gasteiger partial charge on any atom is 0.267 e. The van der Waals surface area contributed by atoms with Crippen molar-refractivity contribution in [2.45, 2.75) is 6.92 Å². The van der Waals surface area contributed by atoms with E-state index in [1.807, 2.05) is 4.72 Å². The number of rotatable bonds is 3. The van der Waals surface area contributed by atoms with Gasteiger partial charge in [0.05, 0.1) is 22.9 Å². The van der Waals surface area contributed by atoms with Gasteiger partial charge >= 0.3 is 0 Å². The van der Waals surface area contributed by atoms with Crippen LogP contribution in [-0.4, -0.2) is 30.8 Å². The molecule has 2 heterocycles. The predicted molar refractivity (Wildman–Crippen MR) is 87.2 cm³/mol. The van der Waals surface area contributed by atoms with Crippen LogP contribution < -0.4 is 4.72 Å². The number of nitrogens with zero attached hydrogens (tertiary/aromatic N) is 1. The average Bonchev–Trinajstić information content (AvgIpc) is 2.79. The standard InChI is InChI=1S/C16H14N2O4S/c1-10(19)11-6-7-12-14(9-11)18-8-4-3-5-13(18)15(12)16(20)17-23(2,21)22/h3-9H,1-2H3,(H,17,20). The third-order valence-electron chi connectivity index (χ3n) is 3.55. The quantitative estimate of drug-likeness (QED) is 0.744. The highest BCUT2D eigenvalue weighted by Gasteiger charge is 2.20. The van der Waals surface area contributed by atoms with Crippen LogP contribution in [0.25, 0.3) is 16.4 Å². The molecule has 23 heavy (non-hydrogen) atoms. The van der Waals surface area contributed by atoms with Crippen LogP contribution in [0.3, 0.4) is 0 Å². The molecular formula is C16H14N2O4S. The van der Waals surface area contributed by atoms with Gasteiger partial charge < -0.3 is 4.40 Å². The Morgan fingerprint density at radius 1 is 1.09 bits per heavy atom. The second kappa shape index (κ2) is 5.20. The molecule has 0 saturated heterocycles. The summed E-state index contributed by atoms with van der Waals surface area (Å²) in [5.41, 5.74) is 2.04. The van der Waals surface area contributed by atoms with E-state index in [0.717, 1.165) is 6.26 Å². The van der Waals surface area contributed by atoms with E-state index < -0.39 is 15.9 Å². The minimum atomic E-state index is -3.67. The highest BCUT2D eigenvalue weighted by atomic mass is 32.2. The van der Waals surface area contributed by atoms with Gasteiger partial charge in [0.25, 0.3) is 5.91 Å². The fourth-order valence-electron chi connectivity index (χ4n) is 2.61. The second-order valence-corrected chi connectivity index (χ2v) is 7.07. The van der Waals surface area contributed by atoms with Crippen LogP contribution in [0.4, 0.5) is 0 Å². The monoisotopic (exact) mass is 330 g/mol. The fourth-order valence-corrected chi connectivity index (χ4v) is 3.05. The summed E-state index contributed by atoms with van der Waals surface area (Å²) in [6, 6.07) is 10.3. The van der Waals surface area contributed by atoms with E-state index in [0.29, 0.717) is 22.0 Å². The Labute approximate surface area is 132 Å². The third kappa shape index (κ3) is 2.70. The minimum absolute atomic E-state index is 0.0834. The van der Waals surface area contributed by atoms with Crippen LogP contribution in [0.15, 0.2) is 42.6 Å².